The number of carbonyl (C=O) groups is 2. The van der Waals surface area contributed by atoms with E-state index in [9.17, 15) is 23.1 Å². The lowest BCUT2D eigenvalue weighted by molar-refractivity contribution is -0.255. The third-order valence-corrected chi connectivity index (χ3v) is 5.07. The molecule has 8 heteroatoms. The molecule has 0 aliphatic carbocycles. The number of amides is 1. The smallest absolute Gasteiger partial charge is 0.262 e. The molecule has 0 unspecified atom stereocenters. The van der Waals surface area contributed by atoms with Crippen LogP contribution in [0.4, 0.5) is 5.69 Å². The fourth-order valence-electron chi connectivity index (χ4n) is 2.14. The van der Waals surface area contributed by atoms with Crippen LogP contribution in [0.2, 0.25) is 0 Å². The molecule has 0 aliphatic heterocycles. The fraction of sp³-hybridized carbons (Fsp3) is 0.125. The predicted molar refractivity (Wildman–Crippen MR) is 86.0 cm³/mol. The maximum Gasteiger partial charge on any atom is 0.262 e. The van der Waals surface area contributed by atoms with Gasteiger partial charge in [0.05, 0.1) is 10.9 Å². The molecule has 24 heavy (non-hydrogen) atoms. The van der Waals surface area contributed by atoms with Crippen LogP contribution in [0.3, 0.4) is 0 Å². The molecular weight excluding hydrogens is 332 g/mol. The van der Waals surface area contributed by atoms with Crippen LogP contribution in [0.5, 0.6) is 0 Å². The molecule has 2 rings (SSSR count). The zero-order chi connectivity index (χ0) is 18.1. The van der Waals surface area contributed by atoms with Gasteiger partial charge in [-0.25, -0.2) is 8.42 Å². The number of rotatable bonds is 5. The van der Waals surface area contributed by atoms with Crippen molar-refractivity contribution in [2.24, 2.45) is 5.73 Å². The third-order valence-electron chi connectivity index (χ3n) is 3.57. The summed E-state index contributed by atoms with van der Waals surface area (Å²) in [7, 11) is -4.01. The van der Waals surface area contributed by atoms with Gasteiger partial charge in [0.1, 0.15) is 0 Å². The van der Waals surface area contributed by atoms with Gasteiger partial charge in [-0.3, -0.25) is 9.52 Å². The molecule has 0 bridgehead atoms. The standard InChI is InChI=1S/C16H16N2O5S/c1-9-7-12(16(20)21)8-14(10(9)2)24(22,23)18-13-5-3-11(4-6-13)15(17)19/h3-8,18H,1-2H3,(H2,17,19)(H,20,21)/p-1. The molecule has 1 amide bonds. The summed E-state index contributed by atoms with van der Waals surface area (Å²) in [4.78, 5) is 21.9. The van der Waals surface area contributed by atoms with Crippen LogP contribution >= 0.6 is 0 Å². The normalized spacial score (nSPS) is 11.1. The second-order valence-corrected chi connectivity index (χ2v) is 6.90. The second kappa shape index (κ2) is 6.32. The first kappa shape index (κ1) is 17.5. The topological polar surface area (TPSA) is 129 Å². The van der Waals surface area contributed by atoms with E-state index in [2.05, 4.69) is 4.72 Å². The van der Waals surface area contributed by atoms with Gasteiger partial charge in [0.15, 0.2) is 0 Å². The Bertz CT molecular complexity index is 918. The van der Waals surface area contributed by atoms with Crippen LogP contribution in [0.25, 0.3) is 0 Å². The molecule has 0 aliphatic rings. The number of aryl methyl sites for hydroxylation is 1. The van der Waals surface area contributed by atoms with Gasteiger partial charge in [-0.1, -0.05) is 0 Å². The van der Waals surface area contributed by atoms with E-state index < -0.39 is 21.9 Å². The highest BCUT2D eigenvalue weighted by Crippen LogP contribution is 2.23. The van der Waals surface area contributed by atoms with Crippen LogP contribution in [0.15, 0.2) is 41.3 Å². The van der Waals surface area contributed by atoms with E-state index in [1.807, 2.05) is 0 Å². The number of benzene rings is 2. The van der Waals surface area contributed by atoms with Gasteiger partial charge in [0.2, 0.25) is 5.91 Å². The van der Waals surface area contributed by atoms with Crippen molar-refractivity contribution in [3.05, 3.63) is 58.7 Å². The van der Waals surface area contributed by atoms with Crippen LogP contribution in [0.1, 0.15) is 31.8 Å². The molecular formula is C16H15N2O5S-. The average Bonchev–Trinajstić information content (AvgIpc) is 2.49. The lowest BCUT2D eigenvalue weighted by atomic mass is 10.1. The Labute approximate surface area is 139 Å². The maximum atomic E-state index is 12.6. The number of carboxylic acid groups (broad SMARTS) is 1. The molecule has 0 heterocycles. The number of anilines is 1. The minimum Gasteiger partial charge on any atom is -0.545 e. The van der Waals surface area contributed by atoms with Crippen LogP contribution in [-0.2, 0) is 10.0 Å². The number of hydrogen-bond acceptors (Lipinski definition) is 5. The van der Waals surface area contributed by atoms with Gasteiger partial charge >= 0.3 is 0 Å². The molecule has 0 saturated carbocycles. The lowest BCUT2D eigenvalue weighted by Gasteiger charge is -2.14. The summed E-state index contributed by atoms with van der Waals surface area (Å²) in [6, 6.07) is 7.96. The monoisotopic (exact) mass is 347 g/mol. The highest BCUT2D eigenvalue weighted by atomic mass is 32.2. The van der Waals surface area contributed by atoms with E-state index in [1.54, 1.807) is 13.8 Å². The molecule has 0 fully saturated rings. The third kappa shape index (κ3) is 3.54. The number of carboxylic acids is 1. The highest BCUT2D eigenvalue weighted by molar-refractivity contribution is 7.92. The van der Waals surface area contributed by atoms with Crippen molar-refractivity contribution in [1.82, 2.24) is 0 Å². The molecule has 3 N–H and O–H groups in total. The predicted octanol–water partition coefficient (Wildman–Crippen LogP) is 0.567. The quantitative estimate of drug-likeness (QED) is 0.816. The fourth-order valence-corrected chi connectivity index (χ4v) is 3.54. The number of primary amides is 1. The molecule has 0 saturated heterocycles. The minimum absolute atomic E-state index is 0.152. The average molecular weight is 347 g/mol. The van der Waals surface area contributed by atoms with Crippen LogP contribution in [-0.4, -0.2) is 20.3 Å². The number of carbonyl (C=O) groups excluding carboxylic acids is 2. The Balaban J connectivity index is 2.43. The van der Waals surface area contributed by atoms with Gasteiger partial charge in [-0.05, 0) is 66.9 Å². The molecule has 0 aromatic heterocycles. The van der Waals surface area contributed by atoms with Crippen molar-refractivity contribution >= 4 is 27.6 Å². The number of sulfonamides is 1. The molecule has 2 aromatic carbocycles. The largest absolute Gasteiger partial charge is 0.545 e. The molecule has 2 aromatic rings. The Hall–Kier alpha value is -2.87. The van der Waals surface area contributed by atoms with Crippen LogP contribution < -0.4 is 15.6 Å². The summed E-state index contributed by atoms with van der Waals surface area (Å²) in [5, 5.41) is 11.0. The molecule has 7 nitrogen and oxygen atoms in total. The summed E-state index contributed by atoms with van der Waals surface area (Å²) in [5.41, 5.74) is 6.31. The molecule has 0 atom stereocenters. The molecule has 0 radical (unpaired) electrons. The van der Waals surface area contributed by atoms with E-state index in [0.717, 1.165) is 6.07 Å². The van der Waals surface area contributed by atoms with Gasteiger partial charge in [-0.2, -0.15) is 0 Å². The van der Waals surface area contributed by atoms with Crippen molar-refractivity contribution in [2.45, 2.75) is 18.7 Å². The SMILES string of the molecule is Cc1cc(C(=O)[O-])cc(S(=O)(=O)Nc2ccc(C(N)=O)cc2)c1C. The summed E-state index contributed by atoms with van der Waals surface area (Å²) in [5.74, 6) is -2.09. The van der Waals surface area contributed by atoms with Gasteiger partial charge < -0.3 is 15.6 Å². The zero-order valence-corrected chi connectivity index (χ0v) is 13.8. The number of nitrogens with two attached hydrogens (primary N) is 1. The van der Waals surface area contributed by atoms with Gasteiger partial charge in [-0.15, -0.1) is 0 Å². The first-order valence-electron chi connectivity index (χ1n) is 6.87. The van der Waals surface area contributed by atoms with Gasteiger partial charge in [0.25, 0.3) is 10.0 Å². The summed E-state index contributed by atoms with van der Waals surface area (Å²) in [6.07, 6.45) is 0. The van der Waals surface area contributed by atoms with Crippen molar-refractivity contribution in [3.63, 3.8) is 0 Å². The maximum absolute atomic E-state index is 12.6. The highest BCUT2D eigenvalue weighted by Gasteiger charge is 2.19. The van der Waals surface area contributed by atoms with E-state index >= 15 is 0 Å². The summed E-state index contributed by atoms with van der Waals surface area (Å²) >= 11 is 0. The summed E-state index contributed by atoms with van der Waals surface area (Å²) in [6.45, 7) is 3.20. The van der Waals surface area contributed by atoms with E-state index in [1.165, 1.54) is 30.3 Å². The van der Waals surface area contributed by atoms with Crippen molar-refractivity contribution in [2.75, 3.05) is 4.72 Å². The Morgan fingerprint density at radius 1 is 1.04 bits per heavy atom. The second-order valence-electron chi connectivity index (χ2n) is 5.25. The number of nitrogens with one attached hydrogen (secondary N) is 1. The lowest BCUT2D eigenvalue weighted by Crippen LogP contribution is -2.24. The number of aromatic carboxylic acids is 1. The van der Waals surface area contributed by atoms with E-state index in [4.69, 9.17) is 5.73 Å². The van der Waals surface area contributed by atoms with Crippen LogP contribution in [0, 0.1) is 13.8 Å². The molecule has 0 spiro atoms. The Morgan fingerprint density at radius 3 is 2.12 bits per heavy atom. The van der Waals surface area contributed by atoms with Gasteiger partial charge in [0, 0.05) is 11.3 Å². The van der Waals surface area contributed by atoms with E-state index in [0.29, 0.717) is 11.1 Å². The Morgan fingerprint density at radius 2 is 1.62 bits per heavy atom. The zero-order valence-electron chi connectivity index (χ0n) is 13.0. The summed E-state index contributed by atoms with van der Waals surface area (Å²) < 4.78 is 27.4. The molecule has 126 valence electrons. The van der Waals surface area contributed by atoms with Crippen molar-refractivity contribution in [3.8, 4) is 0 Å². The van der Waals surface area contributed by atoms with Crippen molar-refractivity contribution in [1.29, 1.82) is 0 Å². The first-order valence-corrected chi connectivity index (χ1v) is 8.35. The van der Waals surface area contributed by atoms with E-state index in [-0.39, 0.29) is 21.7 Å². The van der Waals surface area contributed by atoms with Crippen molar-refractivity contribution < 1.29 is 23.1 Å². The number of hydrogen-bond donors (Lipinski definition) is 2. The first-order chi connectivity index (χ1) is 11.1. The minimum atomic E-state index is -4.01. The Kier molecular flexibility index (Phi) is 4.61.